The van der Waals surface area contributed by atoms with Crippen LogP contribution in [0.2, 0.25) is 5.02 Å². The molecule has 0 radical (unpaired) electrons. The number of benzene rings is 1. The molecule has 0 atom stereocenters. The van der Waals surface area contributed by atoms with Crippen LogP contribution in [0.5, 0.6) is 0 Å². The van der Waals surface area contributed by atoms with Crippen molar-refractivity contribution in [2.24, 2.45) is 4.99 Å². The molecule has 2 aliphatic rings. The topological polar surface area (TPSA) is 30.9 Å². The second-order valence-corrected chi connectivity index (χ2v) is 4.31. The van der Waals surface area contributed by atoms with E-state index in [1.54, 1.807) is 12.4 Å². The lowest BCUT2D eigenvalue weighted by molar-refractivity contribution is 0.823. The van der Waals surface area contributed by atoms with Crippen molar-refractivity contribution < 1.29 is 0 Å². The molecule has 0 fully saturated rings. The van der Waals surface area contributed by atoms with E-state index in [0.29, 0.717) is 5.02 Å². The maximum absolute atomic E-state index is 6.15. The van der Waals surface area contributed by atoms with Gasteiger partial charge in [-0.05, 0) is 12.1 Å². The number of para-hydroxylation sites is 1. The van der Waals surface area contributed by atoms with Crippen molar-refractivity contribution >= 4 is 35.4 Å². The Bertz CT molecular complexity index is 550. The third-order valence-electron chi connectivity index (χ3n) is 2.52. The molecule has 1 aromatic carbocycles. The lowest BCUT2D eigenvalue weighted by atomic mass is 10.2. The monoisotopic (exact) mass is 266 g/mol. The van der Waals surface area contributed by atoms with Gasteiger partial charge in [0.2, 0.25) is 0 Å². The molecule has 0 saturated carbocycles. The van der Waals surface area contributed by atoms with E-state index in [1.165, 1.54) is 10.8 Å². The molecule has 86 valence electrons. The fraction of sp³-hybridized carbons (Fsp3) is 0. The van der Waals surface area contributed by atoms with Crippen LogP contribution in [0.15, 0.2) is 53.1 Å². The predicted octanol–water partition coefficient (Wildman–Crippen LogP) is 2.85. The zero-order valence-corrected chi connectivity index (χ0v) is 10.2. The van der Waals surface area contributed by atoms with Crippen LogP contribution >= 0.6 is 23.4 Å². The molecule has 1 aromatic rings. The van der Waals surface area contributed by atoms with Gasteiger partial charge in [0.05, 0.1) is 16.9 Å². The first-order valence-electron chi connectivity index (χ1n) is 4.97. The highest BCUT2D eigenvalue weighted by atomic mass is 35.5. The van der Waals surface area contributed by atoms with Crippen LogP contribution in [-0.2, 0) is 0 Å². The first-order valence-corrected chi connectivity index (χ1v) is 5.69. The van der Waals surface area contributed by atoms with Gasteiger partial charge in [0, 0.05) is 18.0 Å². The zero-order chi connectivity index (χ0) is 11.8. The highest BCUT2D eigenvalue weighted by molar-refractivity contribution is 6.33. The van der Waals surface area contributed by atoms with E-state index in [1.807, 2.05) is 29.3 Å². The van der Waals surface area contributed by atoms with E-state index < -0.39 is 0 Å². The summed E-state index contributed by atoms with van der Waals surface area (Å²) in [5, 5.41) is 2.50. The molecule has 0 saturated heterocycles. The van der Waals surface area contributed by atoms with Gasteiger partial charge in [-0.2, -0.15) is 0 Å². The minimum Gasteiger partial charge on any atom is -0.299 e. The highest BCUT2D eigenvalue weighted by Crippen LogP contribution is 2.34. The number of nitrogens with one attached hydrogen (secondary N) is 1. The molecule has 2 heterocycles. The van der Waals surface area contributed by atoms with Crippen LogP contribution in [0.25, 0.3) is 0 Å². The molecule has 0 spiro atoms. The molecule has 0 unspecified atom stereocenters. The van der Waals surface area contributed by atoms with Gasteiger partial charge in [-0.3, -0.25) is 10.4 Å². The minimum absolute atomic E-state index is 0.659. The Labute approximate surface area is 109 Å². The van der Waals surface area contributed by atoms with Gasteiger partial charge in [-0.25, -0.2) is 9.41 Å². The number of nitrogens with zero attached hydrogens (tertiary/aromatic N) is 3. The van der Waals surface area contributed by atoms with Crippen molar-refractivity contribution in [3.63, 3.8) is 0 Å². The van der Waals surface area contributed by atoms with E-state index in [4.69, 9.17) is 23.4 Å². The zero-order valence-electron chi connectivity index (χ0n) is 8.64. The smallest absolute Gasteiger partial charge is 0.111 e. The number of hydrazine groups is 1. The second-order valence-electron chi connectivity index (χ2n) is 3.54. The van der Waals surface area contributed by atoms with Gasteiger partial charge in [-0.1, -0.05) is 23.7 Å². The van der Waals surface area contributed by atoms with Crippen LogP contribution in [0.1, 0.15) is 0 Å². The van der Waals surface area contributed by atoms with Gasteiger partial charge >= 0.3 is 0 Å². The maximum Gasteiger partial charge on any atom is 0.111 e. The molecule has 2 aliphatic heterocycles. The quantitative estimate of drug-likeness (QED) is 0.794. The van der Waals surface area contributed by atoms with Gasteiger partial charge < -0.3 is 0 Å². The summed E-state index contributed by atoms with van der Waals surface area (Å²) in [6, 6.07) is 7.56. The molecule has 0 bridgehead atoms. The average Bonchev–Trinajstić information content (AvgIpc) is 2.75. The summed E-state index contributed by atoms with van der Waals surface area (Å²) in [6.07, 6.45) is 5.07. The van der Waals surface area contributed by atoms with Crippen molar-refractivity contribution in [3.8, 4) is 0 Å². The van der Waals surface area contributed by atoms with Crippen LogP contribution in [0.4, 0.5) is 5.69 Å². The Morgan fingerprint density at radius 3 is 2.82 bits per heavy atom. The van der Waals surface area contributed by atoms with Gasteiger partial charge in [0.25, 0.3) is 0 Å². The molecular weight excluding hydrogens is 259 g/mol. The van der Waals surface area contributed by atoms with Crippen molar-refractivity contribution in [2.45, 2.75) is 0 Å². The second kappa shape index (κ2) is 3.98. The number of hydrogen-bond acceptors (Lipinski definition) is 4. The molecule has 4 nitrogen and oxygen atoms in total. The summed E-state index contributed by atoms with van der Waals surface area (Å²) in [7, 11) is 0. The van der Waals surface area contributed by atoms with Gasteiger partial charge in [0.1, 0.15) is 17.7 Å². The maximum atomic E-state index is 6.15. The molecule has 3 rings (SSSR count). The molecule has 6 heteroatoms. The van der Waals surface area contributed by atoms with Crippen molar-refractivity contribution in [3.05, 3.63) is 53.1 Å². The first-order chi connectivity index (χ1) is 8.27. The summed E-state index contributed by atoms with van der Waals surface area (Å²) < 4.78 is 1.43. The standard InChI is InChI=1S/C11H8Cl2N4/c12-8-3-1-2-4-9(8)17-11-5-14-7-16(13)10(11)6-15-17/h1-7,15H. The SMILES string of the molecule is Clc1ccccc1N1NC=C2C1=CN=CN2Cl. The average molecular weight is 267 g/mol. The van der Waals surface area contributed by atoms with E-state index in [9.17, 15) is 0 Å². The minimum atomic E-state index is 0.659. The number of hydrogen-bond donors (Lipinski definition) is 1. The van der Waals surface area contributed by atoms with E-state index in [2.05, 4.69) is 10.4 Å². The summed E-state index contributed by atoms with van der Waals surface area (Å²) in [5.41, 5.74) is 5.65. The Balaban J connectivity index is 2.01. The van der Waals surface area contributed by atoms with Crippen LogP contribution < -0.4 is 10.4 Å². The van der Waals surface area contributed by atoms with Gasteiger partial charge in [-0.15, -0.1) is 0 Å². The molecule has 1 N–H and O–H groups in total. The lowest BCUT2D eigenvalue weighted by Crippen LogP contribution is -2.30. The fourth-order valence-corrected chi connectivity index (χ4v) is 2.14. The third kappa shape index (κ3) is 1.66. The number of halogens is 2. The Morgan fingerprint density at radius 1 is 1.18 bits per heavy atom. The van der Waals surface area contributed by atoms with E-state index >= 15 is 0 Å². The highest BCUT2D eigenvalue weighted by Gasteiger charge is 2.27. The Kier molecular flexibility index (Phi) is 2.46. The van der Waals surface area contributed by atoms with Crippen LogP contribution in [0, 0.1) is 0 Å². The Hall–Kier alpha value is -1.65. The Morgan fingerprint density at radius 2 is 2.00 bits per heavy atom. The molecule has 0 amide bonds. The van der Waals surface area contributed by atoms with Crippen molar-refractivity contribution in [1.29, 1.82) is 0 Å². The van der Waals surface area contributed by atoms with E-state index in [-0.39, 0.29) is 0 Å². The summed E-state index contributed by atoms with van der Waals surface area (Å²) in [6.45, 7) is 0. The summed E-state index contributed by atoms with van der Waals surface area (Å²) >= 11 is 12.1. The van der Waals surface area contributed by atoms with Crippen molar-refractivity contribution in [1.82, 2.24) is 9.84 Å². The number of anilines is 1. The number of aliphatic imine (C=N–C) groups is 1. The predicted molar refractivity (Wildman–Crippen MR) is 69.4 cm³/mol. The van der Waals surface area contributed by atoms with Crippen LogP contribution in [0.3, 0.4) is 0 Å². The fourth-order valence-electron chi connectivity index (χ4n) is 1.74. The van der Waals surface area contributed by atoms with Gasteiger partial charge in [0.15, 0.2) is 0 Å². The summed E-state index contributed by atoms with van der Waals surface area (Å²) in [4.78, 5) is 4.05. The largest absolute Gasteiger partial charge is 0.299 e. The van der Waals surface area contributed by atoms with Crippen molar-refractivity contribution in [2.75, 3.05) is 5.01 Å². The number of rotatable bonds is 1. The first kappa shape index (κ1) is 10.5. The lowest BCUT2D eigenvalue weighted by Gasteiger charge is -2.24. The normalized spacial score (nSPS) is 17.5. The molecular formula is C11H8Cl2N4. The summed E-state index contributed by atoms with van der Waals surface area (Å²) in [5.74, 6) is 0. The van der Waals surface area contributed by atoms with E-state index in [0.717, 1.165) is 17.1 Å². The third-order valence-corrected chi connectivity index (χ3v) is 3.11. The molecule has 0 aromatic heterocycles. The number of fused-ring (bicyclic) bond motifs is 1. The molecule has 0 aliphatic carbocycles. The molecule has 17 heavy (non-hydrogen) atoms. The van der Waals surface area contributed by atoms with Crippen LogP contribution in [-0.4, -0.2) is 10.8 Å².